The highest BCUT2D eigenvalue weighted by molar-refractivity contribution is 6.04. The lowest BCUT2D eigenvalue weighted by molar-refractivity contribution is 0.102. The highest BCUT2D eigenvalue weighted by Gasteiger charge is 2.10. The molecule has 0 aliphatic carbocycles. The second-order valence-corrected chi connectivity index (χ2v) is 6.70. The van der Waals surface area contributed by atoms with Gasteiger partial charge in [0, 0.05) is 23.9 Å². The van der Waals surface area contributed by atoms with E-state index >= 15 is 0 Å². The van der Waals surface area contributed by atoms with Crippen LogP contribution in [0.15, 0.2) is 60.9 Å². The van der Waals surface area contributed by atoms with E-state index in [0.717, 1.165) is 0 Å². The molecule has 2 heterocycles. The summed E-state index contributed by atoms with van der Waals surface area (Å²) >= 11 is 0. The van der Waals surface area contributed by atoms with Crippen LogP contribution in [0.2, 0.25) is 0 Å². The monoisotopic (exact) mass is 421 g/mol. The Labute approximate surface area is 177 Å². The highest BCUT2D eigenvalue weighted by Crippen LogP contribution is 2.16. The Morgan fingerprint density at radius 2 is 1.97 bits per heavy atom. The zero-order valence-electron chi connectivity index (χ0n) is 16.8. The average molecular weight is 421 g/mol. The van der Waals surface area contributed by atoms with Crippen LogP contribution < -0.4 is 10.1 Å². The van der Waals surface area contributed by atoms with E-state index in [-0.39, 0.29) is 24.9 Å². The molecule has 0 saturated carbocycles. The van der Waals surface area contributed by atoms with Crippen LogP contribution in [0.4, 0.5) is 10.1 Å². The number of aromatic nitrogens is 6. The van der Waals surface area contributed by atoms with E-state index in [1.807, 2.05) is 6.92 Å². The number of nitrogens with zero attached hydrogens (tertiary/aromatic N) is 6. The summed E-state index contributed by atoms with van der Waals surface area (Å²) in [7, 11) is 0. The van der Waals surface area contributed by atoms with E-state index in [2.05, 4.69) is 25.9 Å². The molecule has 4 rings (SSSR count). The number of tetrazole rings is 1. The van der Waals surface area contributed by atoms with Crippen molar-refractivity contribution in [3.05, 3.63) is 83.7 Å². The van der Waals surface area contributed by atoms with Crippen molar-refractivity contribution in [2.45, 2.75) is 26.6 Å². The molecule has 0 aliphatic heterocycles. The van der Waals surface area contributed by atoms with Gasteiger partial charge in [-0.3, -0.25) is 9.48 Å². The molecule has 4 aromatic rings. The molecule has 0 atom stereocenters. The third-order valence-corrected chi connectivity index (χ3v) is 4.57. The maximum Gasteiger partial charge on any atom is 0.255 e. The summed E-state index contributed by atoms with van der Waals surface area (Å²) in [4.78, 5) is 12.5. The fourth-order valence-corrected chi connectivity index (χ4v) is 2.94. The van der Waals surface area contributed by atoms with E-state index in [9.17, 15) is 9.18 Å². The number of nitrogens with one attached hydrogen (secondary N) is 1. The van der Waals surface area contributed by atoms with Crippen LogP contribution in [-0.4, -0.2) is 35.9 Å². The summed E-state index contributed by atoms with van der Waals surface area (Å²) in [6.07, 6.45) is 3.17. The molecular weight excluding hydrogens is 401 g/mol. The van der Waals surface area contributed by atoms with Crippen LogP contribution >= 0.6 is 0 Å². The van der Waals surface area contributed by atoms with E-state index < -0.39 is 0 Å². The topological polar surface area (TPSA) is 99.8 Å². The normalized spacial score (nSPS) is 10.8. The van der Waals surface area contributed by atoms with Crippen LogP contribution in [0, 0.1) is 5.82 Å². The third-order valence-electron chi connectivity index (χ3n) is 4.57. The number of amides is 1. The van der Waals surface area contributed by atoms with Crippen molar-refractivity contribution in [1.29, 1.82) is 0 Å². The second-order valence-electron chi connectivity index (χ2n) is 6.70. The quantitative estimate of drug-likeness (QED) is 0.470. The standard InChI is InChI=1S/C21H20FN7O2/c1-2-29-20(25-26-27-29)14-31-18-9-7-15(8-10-18)21(30)24-17-11-23-28(13-17)12-16-5-3-4-6-19(16)22/h3-11,13H,2,12,14H2,1H3,(H,24,30). The molecule has 31 heavy (non-hydrogen) atoms. The first-order valence-corrected chi connectivity index (χ1v) is 9.67. The van der Waals surface area contributed by atoms with Gasteiger partial charge in [0.2, 0.25) is 0 Å². The molecule has 0 radical (unpaired) electrons. The molecule has 0 aliphatic rings. The lowest BCUT2D eigenvalue weighted by Gasteiger charge is -2.07. The van der Waals surface area contributed by atoms with Gasteiger partial charge in [0.1, 0.15) is 18.2 Å². The van der Waals surface area contributed by atoms with Crippen molar-refractivity contribution >= 4 is 11.6 Å². The largest absolute Gasteiger partial charge is 0.486 e. The van der Waals surface area contributed by atoms with Crippen LogP contribution in [0.25, 0.3) is 0 Å². The Bertz CT molecular complexity index is 1170. The SMILES string of the molecule is CCn1nnnc1COc1ccc(C(=O)Nc2cnn(Cc3ccccc3F)c2)cc1. The minimum atomic E-state index is -0.294. The molecule has 1 amide bonds. The Hall–Kier alpha value is -4.08. The van der Waals surface area contributed by atoms with Gasteiger partial charge in [-0.2, -0.15) is 5.10 Å². The summed E-state index contributed by atoms with van der Waals surface area (Å²) < 4.78 is 22.7. The third kappa shape index (κ3) is 4.92. The Balaban J connectivity index is 1.33. The molecule has 0 saturated heterocycles. The number of ether oxygens (including phenoxy) is 1. The van der Waals surface area contributed by atoms with Crippen LogP contribution in [0.3, 0.4) is 0 Å². The second kappa shape index (κ2) is 9.16. The van der Waals surface area contributed by atoms with Crippen molar-refractivity contribution in [2.75, 3.05) is 5.32 Å². The van der Waals surface area contributed by atoms with Crippen LogP contribution in [0.5, 0.6) is 5.75 Å². The molecule has 10 heteroatoms. The summed E-state index contributed by atoms with van der Waals surface area (Å²) in [5.41, 5.74) is 1.51. The van der Waals surface area contributed by atoms with Crippen molar-refractivity contribution in [3.8, 4) is 5.75 Å². The fraction of sp³-hybridized carbons (Fsp3) is 0.190. The molecule has 1 N–H and O–H groups in total. The van der Waals surface area contributed by atoms with Crippen molar-refractivity contribution in [1.82, 2.24) is 30.0 Å². The maximum absolute atomic E-state index is 13.8. The van der Waals surface area contributed by atoms with E-state index in [1.54, 1.807) is 58.0 Å². The molecule has 0 bridgehead atoms. The van der Waals surface area contributed by atoms with E-state index in [4.69, 9.17) is 4.74 Å². The predicted molar refractivity (Wildman–Crippen MR) is 110 cm³/mol. The van der Waals surface area contributed by atoms with Crippen molar-refractivity contribution in [2.24, 2.45) is 0 Å². The van der Waals surface area contributed by atoms with Gasteiger partial charge in [0.05, 0.1) is 18.4 Å². The number of carbonyl (C=O) groups is 1. The lowest BCUT2D eigenvalue weighted by Crippen LogP contribution is -2.11. The number of carbonyl (C=O) groups excluding carboxylic acids is 1. The van der Waals surface area contributed by atoms with Gasteiger partial charge in [0.25, 0.3) is 5.91 Å². The average Bonchev–Trinajstić information content (AvgIpc) is 3.43. The number of aryl methyl sites for hydroxylation is 1. The van der Waals surface area contributed by atoms with Gasteiger partial charge in [0.15, 0.2) is 5.82 Å². The van der Waals surface area contributed by atoms with Gasteiger partial charge < -0.3 is 10.1 Å². The Morgan fingerprint density at radius 3 is 2.74 bits per heavy atom. The van der Waals surface area contributed by atoms with Gasteiger partial charge in [-0.05, 0) is 47.7 Å². The maximum atomic E-state index is 13.8. The molecule has 0 spiro atoms. The number of rotatable bonds is 8. The van der Waals surface area contributed by atoms with Gasteiger partial charge in [-0.25, -0.2) is 9.07 Å². The molecule has 158 valence electrons. The number of hydrogen-bond donors (Lipinski definition) is 1. The summed E-state index contributed by atoms with van der Waals surface area (Å²) in [5.74, 6) is 0.639. The first-order valence-electron chi connectivity index (χ1n) is 9.67. The number of benzene rings is 2. The number of anilines is 1. The zero-order chi connectivity index (χ0) is 21.6. The summed E-state index contributed by atoms with van der Waals surface area (Å²) in [5, 5.41) is 18.3. The first-order chi connectivity index (χ1) is 15.1. The molecule has 0 fully saturated rings. The van der Waals surface area contributed by atoms with Gasteiger partial charge in [-0.15, -0.1) is 5.10 Å². The van der Waals surface area contributed by atoms with Crippen LogP contribution in [0.1, 0.15) is 28.7 Å². The minimum Gasteiger partial charge on any atom is -0.486 e. The van der Waals surface area contributed by atoms with Crippen LogP contribution in [-0.2, 0) is 19.7 Å². The van der Waals surface area contributed by atoms with Crippen molar-refractivity contribution in [3.63, 3.8) is 0 Å². The smallest absolute Gasteiger partial charge is 0.255 e. The van der Waals surface area contributed by atoms with Gasteiger partial charge in [-0.1, -0.05) is 18.2 Å². The summed E-state index contributed by atoms with van der Waals surface area (Å²) in [6.45, 7) is 3.10. The Kier molecular flexibility index (Phi) is 5.97. The molecule has 0 unspecified atom stereocenters. The first kappa shape index (κ1) is 20.2. The lowest BCUT2D eigenvalue weighted by atomic mass is 10.2. The van der Waals surface area contributed by atoms with E-state index in [0.29, 0.717) is 34.9 Å². The van der Waals surface area contributed by atoms with Gasteiger partial charge >= 0.3 is 0 Å². The number of halogens is 1. The molecule has 9 nitrogen and oxygen atoms in total. The summed E-state index contributed by atoms with van der Waals surface area (Å²) in [6, 6.07) is 13.2. The van der Waals surface area contributed by atoms with E-state index in [1.165, 1.54) is 12.3 Å². The minimum absolute atomic E-state index is 0.230. The predicted octanol–water partition coefficient (Wildman–Crippen LogP) is 2.91. The molecule has 2 aromatic heterocycles. The number of hydrogen-bond acceptors (Lipinski definition) is 6. The van der Waals surface area contributed by atoms with Crippen molar-refractivity contribution < 1.29 is 13.9 Å². The Morgan fingerprint density at radius 1 is 1.16 bits per heavy atom. The molecule has 2 aromatic carbocycles. The fourth-order valence-electron chi connectivity index (χ4n) is 2.94. The molecular formula is C21H20FN7O2. The highest BCUT2D eigenvalue weighted by atomic mass is 19.1. The zero-order valence-corrected chi connectivity index (χ0v) is 16.8.